The van der Waals surface area contributed by atoms with E-state index < -0.39 is 0 Å². The predicted molar refractivity (Wildman–Crippen MR) is 81.7 cm³/mol. The Labute approximate surface area is 124 Å². The maximum Gasteiger partial charge on any atom is 0.252 e. The van der Waals surface area contributed by atoms with E-state index in [0.717, 1.165) is 24.4 Å². The van der Waals surface area contributed by atoms with Crippen molar-refractivity contribution in [1.82, 2.24) is 25.4 Å². The lowest BCUT2D eigenvalue weighted by molar-refractivity contribution is 0.0953. The number of aryl methyl sites for hydroxylation is 2. The second kappa shape index (κ2) is 6.99. The lowest BCUT2D eigenvalue weighted by Gasteiger charge is -2.06. The van der Waals surface area contributed by atoms with E-state index in [9.17, 15) is 4.79 Å². The van der Waals surface area contributed by atoms with Crippen LogP contribution in [0.3, 0.4) is 0 Å². The average molecular weight is 287 g/mol. The third-order valence-corrected chi connectivity index (χ3v) is 3.13. The lowest BCUT2D eigenvalue weighted by atomic mass is 10.2. The fourth-order valence-corrected chi connectivity index (χ4v) is 2.08. The van der Waals surface area contributed by atoms with E-state index >= 15 is 0 Å². The van der Waals surface area contributed by atoms with Crippen molar-refractivity contribution < 1.29 is 4.79 Å². The van der Waals surface area contributed by atoms with Gasteiger partial charge in [0.25, 0.3) is 5.91 Å². The van der Waals surface area contributed by atoms with E-state index in [1.165, 1.54) is 0 Å². The van der Waals surface area contributed by atoms with Crippen molar-refractivity contribution in [2.24, 2.45) is 0 Å². The number of rotatable bonds is 6. The zero-order valence-corrected chi connectivity index (χ0v) is 12.7. The first-order chi connectivity index (χ1) is 10.1. The largest absolute Gasteiger partial charge is 0.352 e. The molecule has 0 radical (unpaired) electrons. The highest BCUT2D eigenvalue weighted by Gasteiger charge is 2.08. The highest BCUT2D eigenvalue weighted by Crippen LogP contribution is 2.10. The van der Waals surface area contributed by atoms with Crippen LogP contribution in [-0.4, -0.2) is 40.8 Å². The monoisotopic (exact) mass is 287 g/mol. The van der Waals surface area contributed by atoms with Crippen LogP contribution in [0, 0.1) is 13.8 Å². The molecular weight excluding hydrogens is 266 g/mol. The molecule has 0 aliphatic heterocycles. The summed E-state index contributed by atoms with van der Waals surface area (Å²) in [6.07, 6.45) is 2.48. The molecule has 6 heteroatoms. The van der Waals surface area contributed by atoms with Crippen molar-refractivity contribution in [3.8, 4) is 5.82 Å². The van der Waals surface area contributed by atoms with E-state index in [2.05, 4.69) is 20.7 Å². The molecule has 6 nitrogen and oxygen atoms in total. The van der Waals surface area contributed by atoms with Gasteiger partial charge in [0.2, 0.25) is 0 Å². The molecule has 0 saturated carbocycles. The van der Waals surface area contributed by atoms with Gasteiger partial charge in [-0.25, -0.2) is 9.67 Å². The molecule has 1 amide bonds. The summed E-state index contributed by atoms with van der Waals surface area (Å²) in [6.45, 7) is 5.45. The van der Waals surface area contributed by atoms with Crippen molar-refractivity contribution in [2.75, 3.05) is 20.1 Å². The number of amides is 1. The Bertz CT molecular complexity index is 603. The van der Waals surface area contributed by atoms with Gasteiger partial charge in [0.1, 0.15) is 0 Å². The molecule has 0 fully saturated rings. The van der Waals surface area contributed by atoms with Gasteiger partial charge in [-0.15, -0.1) is 0 Å². The molecule has 0 aliphatic carbocycles. The van der Waals surface area contributed by atoms with Crippen molar-refractivity contribution >= 4 is 5.91 Å². The first-order valence-corrected chi connectivity index (χ1v) is 7.04. The summed E-state index contributed by atoms with van der Waals surface area (Å²) >= 11 is 0. The van der Waals surface area contributed by atoms with Crippen LogP contribution < -0.4 is 10.6 Å². The van der Waals surface area contributed by atoms with Crippen LogP contribution in [0.15, 0.2) is 24.4 Å². The number of nitrogens with zero attached hydrogens (tertiary/aromatic N) is 3. The van der Waals surface area contributed by atoms with Gasteiger partial charge < -0.3 is 10.6 Å². The third-order valence-electron chi connectivity index (χ3n) is 3.13. The quantitative estimate of drug-likeness (QED) is 0.784. The summed E-state index contributed by atoms with van der Waals surface area (Å²) < 4.78 is 1.77. The first-order valence-electron chi connectivity index (χ1n) is 7.04. The Morgan fingerprint density at radius 1 is 1.29 bits per heavy atom. The number of pyridine rings is 1. The van der Waals surface area contributed by atoms with Crippen LogP contribution in [-0.2, 0) is 0 Å². The van der Waals surface area contributed by atoms with Gasteiger partial charge in [0, 0.05) is 18.4 Å². The lowest BCUT2D eigenvalue weighted by Crippen LogP contribution is -2.26. The third kappa shape index (κ3) is 3.88. The van der Waals surface area contributed by atoms with Crippen molar-refractivity contribution in [1.29, 1.82) is 0 Å². The minimum absolute atomic E-state index is 0.0986. The molecule has 0 spiro atoms. The van der Waals surface area contributed by atoms with Gasteiger partial charge >= 0.3 is 0 Å². The van der Waals surface area contributed by atoms with Crippen LogP contribution in [0.25, 0.3) is 5.82 Å². The summed E-state index contributed by atoms with van der Waals surface area (Å²) in [5, 5.41) is 10.3. The van der Waals surface area contributed by atoms with Gasteiger partial charge in [-0.1, -0.05) is 0 Å². The SMILES string of the molecule is CNCCCNC(=O)c1ccc(-n2nc(C)cc2C)nc1. The zero-order valence-electron chi connectivity index (χ0n) is 12.7. The topological polar surface area (TPSA) is 71.8 Å². The minimum atomic E-state index is -0.0986. The van der Waals surface area contributed by atoms with E-state index in [4.69, 9.17) is 0 Å². The van der Waals surface area contributed by atoms with Crippen LogP contribution >= 0.6 is 0 Å². The van der Waals surface area contributed by atoms with E-state index in [1.54, 1.807) is 16.9 Å². The molecular formula is C15H21N5O. The van der Waals surface area contributed by atoms with Crippen molar-refractivity contribution in [3.05, 3.63) is 41.3 Å². The fraction of sp³-hybridized carbons (Fsp3) is 0.400. The van der Waals surface area contributed by atoms with Gasteiger partial charge in [-0.05, 0) is 52.1 Å². The van der Waals surface area contributed by atoms with Crippen LogP contribution in [0.1, 0.15) is 28.2 Å². The highest BCUT2D eigenvalue weighted by atomic mass is 16.1. The number of aromatic nitrogens is 3. The molecule has 2 aromatic rings. The van der Waals surface area contributed by atoms with Gasteiger partial charge in [0.05, 0.1) is 11.3 Å². The summed E-state index contributed by atoms with van der Waals surface area (Å²) in [7, 11) is 1.89. The highest BCUT2D eigenvalue weighted by molar-refractivity contribution is 5.93. The average Bonchev–Trinajstić information content (AvgIpc) is 2.82. The molecule has 2 heterocycles. The van der Waals surface area contributed by atoms with Crippen molar-refractivity contribution in [3.63, 3.8) is 0 Å². The van der Waals surface area contributed by atoms with E-state index in [-0.39, 0.29) is 5.91 Å². The second-order valence-corrected chi connectivity index (χ2v) is 4.96. The van der Waals surface area contributed by atoms with Crippen LogP contribution in [0.5, 0.6) is 0 Å². The molecule has 2 aromatic heterocycles. The second-order valence-electron chi connectivity index (χ2n) is 4.96. The Morgan fingerprint density at radius 3 is 2.67 bits per heavy atom. The normalized spacial score (nSPS) is 10.6. The molecule has 2 rings (SSSR count). The number of carbonyl (C=O) groups excluding carboxylic acids is 1. The summed E-state index contributed by atoms with van der Waals surface area (Å²) in [5.41, 5.74) is 2.52. The molecule has 0 unspecified atom stereocenters. The maximum absolute atomic E-state index is 11.9. The molecule has 0 aliphatic rings. The van der Waals surface area contributed by atoms with Gasteiger partial charge in [0.15, 0.2) is 5.82 Å². The Hall–Kier alpha value is -2.21. The van der Waals surface area contributed by atoms with Gasteiger partial charge in [-0.2, -0.15) is 5.10 Å². The summed E-state index contributed by atoms with van der Waals surface area (Å²) in [4.78, 5) is 16.2. The molecule has 0 bridgehead atoms. The van der Waals surface area contributed by atoms with Gasteiger partial charge in [-0.3, -0.25) is 4.79 Å². The number of hydrogen-bond donors (Lipinski definition) is 2. The predicted octanol–water partition coefficient (Wildman–Crippen LogP) is 1.22. The van der Waals surface area contributed by atoms with Crippen LogP contribution in [0.2, 0.25) is 0 Å². The molecule has 21 heavy (non-hydrogen) atoms. The summed E-state index contributed by atoms with van der Waals surface area (Å²) in [6, 6.07) is 5.57. The number of nitrogens with one attached hydrogen (secondary N) is 2. The number of carbonyl (C=O) groups is 1. The standard InChI is InChI=1S/C15H21N5O/c1-11-9-12(2)20(19-11)14-6-5-13(10-18-14)15(21)17-8-4-7-16-3/h5-6,9-10,16H,4,7-8H2,1-3H3,(H,17,21). The molecule has 2 N–H and O–H groups in total. The molecule has 112 valence electrons. The number of hydrogen-bond acceptors (Lipinski definition) is 4. The maximum atomic E-state index is 11.9. The van der Waals surface area contributed by atoms with E-state index in [1.807, 2.05) is 33.0 Å². The van der Waals surface area contributed by atoms with Crippen molar-refractivity contribution in [2.45, 2.75) is 20.3 Å². The fourth-order valence-electron chi connectivity index (χ4n) is 2.08. The molecule has 0 aromatic carbocycles. The van der Waals surface area contributed by atoms with Crippen LogP contribution in [0.4, 0.5) is 0 Å². The molecule has 0 saturated heterocycles. The summed E-state index contributed by atoms with van der Waals surface area (Å²) in [5.74, 6) is 0.617. The Balaban J connectivity index is 2.02. The zero-order chi connectivity index (χ0) is 15.2. The Kier molecular flexibility index (Phi) is 5.05. The smallest absolute Gasteiger partial charge is 0.252 e. The first kappa shape index (κ1) is 15.2. The molecule has 0 atom stereocenters. The van der Waals surface area contributed by atoms with E-state index in [0.29, 0.717) is 17.9 Å². The minimum Gasteiger partial charge on any atom is -0.352 e. The Morgan fingerprint density at radius 2 is 2.10 bits per heavy atom.